The van der Waals surface area contributed by atoms with Crippen molar-refractivity contribution >= 4 is 17.0 Å². The highest BCUT2D eigenvalue weighted by Gasteiger charge is 2.19. The van der Waals surface area contributed by atoms with Crippen molar-refractivity contribution in [2.75, 3.05) is 5.32 Å². The van der Waals surface area contributed by atoms with E-state index in [-0.39, 0.29) is 6.10 Å². The molecule has 0 saturated heterocycles. The van der Waals surface area contributed by atoms with Gasteiger partial charge in [0.05, 0.1) is 6.10 Å². The van der Waals surface area contributed by atoms with Crippen LogP contribution in [-0.2, 0) is 0 Å². The first-order valence-corrected chi connectivity index (χ1v) is 7.78. The van der Waals surface area contributed by atoms with Crippen LogP contribution in [0.25, 0.3) is 10.4 Å². The van der Waals surface area contributed by atoms with Gasteiger partial charge in [0.1, 0.15) is 0 Å². The largest absolute Gasteiger partial charge is 0.393 e. The third-order valence-electron chi connectivity index (χ3n) is 3.77. The summed E-state index contributed by atoms with van der Waals surface area (Å²) in [4.78, 5) is 1.30. The monoisotopic (exact) mass is 273 g/mol. The van der Waals surface area contributed by atoms with E-state index in [1.165, 1.54) is 16.1 Å². The Bertz CT molecular complexity index is 515. The zero-order valence-electron chi connectivity index (χ0n) is 10.9. The lowest BCUT2D eigenvalue weighted by molar-refractivity contribution is 0.126. The molecule has 1 saturated carbocycles. The molecule has 3 heteroatoms. The minimum absolute atomic E-state index is 0.0920. The van der Waals surface area contributed by atoms with Gasteiger partial charge < -0.3 is 10.4 Å². The van der Waals surface area contributed by atoms with Crippen LogP contribution in [0.5, 0.6) is 0 Å². The topological polar surface area (TPSA) is 32.3 Å². The predicted molar refractivity (Wildman–Crippen MR) is 81.6 cm³/mol. The molecular weight excluding hydrogens is 254 g/mol. The Labute approximate surface area is 118 Å². The van der Waals surface area contributed by atoms with E-state index < -0.39 is 0 Å². The molecule has 1 heterocycles. The van der Waals surface area contributed by atoms with E-state index in [1.54, 1.807) is 11.3 Å². The number of rotatable bonds is 3. The number of para-hydroxylation sites is 1. The van der Waals surface area contributed by atoms with Gasteiger partial charge in [0.2, 0.25) is 0 Å². The number of aliphatic hydroxyl groups is 1. The van der Waals surface area contributed by atoms with Gasteiger partial charge >= 0.3 is 0 Å². The number of nitrogens with one attached hydrogen (secondary N) is 1. The average molecular weight is 273 g/mol. The second kappa shape index (κ2) is 5.76. The molecule has 1 aromatic carbocycles. The van der Waals surface area contributed by atoms with Crippen molar-refractivity contribution in [1.82, 2.24) is 0 Å². The fraction of sp³-hybridized carbons (Fsp3) is 0.375. The maximum absolute atomic E-state index is 9.57. The van der Waals surface area contributed by atoms with Gasteiger partial charge in [-0.2, -0.15) is 0 Å². The number of benzene rings is 1. The SMILES string of the molecule is OC1CCC(Nc2ccccc2-c2cccs2)CC1. The van der Waals surface area contributed by atoms with Gasteiger partial charge in [-0.3, -0.25) is 0 Å². The van der Waals surface area contributed by atoms with Crippen LogP contribution >= 0.6 is 11.3 Å². The summed E-state index contributed by atoms with van der Waals surface area (Å²) in [6.45, 7) is 0. The van der Waals surface area contributed by atoms with Crippen LogP contribution in [0.4, 0.5) is 5.69 Å². The van der Waals surface area contributed by atoms with Crippen molar-refractivity contribution in [3.8, 4) is 10.4 Å². The average Bonchev–Trinajstić information content (AvgIpc) is 2.96. The number of thiophene rings is 1. The van der Waals surface area contributed by atoms with Gasteiger partial charge in [-0.15, -0.1) is 11.3 Å². The molecule has 0 amide bonds. The highest BCUT2D eigenvalue weighted by Crippen LogP contribution is 2.33. The van der Waals surface area contributed by atoms with Crippen LogP contribution in [0.15, 0.2) is 41.8 Å². The van der Waals surface area contributed by atoms with Crippen molar-refractivity contribution in [3.63, 3.8) is 0 Å². The van der Waals surface area contributed by atoms with Gasteiger partial charge in [-0.1, -0.05) is 24.3 Å². The van der Waals surface area contributed by atoms with Crippen molar-refractivity contribution < 1.29 is 5.11 Å². The molecular formula is C16H19NOS. The summed E-state index contributed by atoms with van der Waals surface area (Å²) in [6.07, 6.45) is 3.85. The summed E-state index contributed by atoms with van der Waals surface area (Å²) in [7, 11) is 0. The molecule has 1 fully saturated rings. The first kappa shape index (κ1) is 12.7. The van der Waals surface area contributed by atoms with Crippen LogP contribution in [-0.4, -0.2) is 17.3 Å². The lowest BCUT2D eigenvalue weighted by atomic mass is 9.92. The van der Waals surface area contributed by atoms with Gasteiger partial charge in [0.15, 0.2) is 0 Å². The van der Waals surface area contributed by atoms with Crippen molar-refractivity contribution in [2.45, 2.75) is 37.8 Å². The number of anilines is 1. The Balaban J connectivity index is 1.78. The molecule has 1 aromatic heterocycles. The van der Waals surface area contributed by atoms with Crippen LogP contribution in [0.3, 0.4) is 0 Å². The maximum Gasteiger partial charge on any atom is 0.0541 e. The highest BCUT2D eigenvalue weighted by molar-refractivity contribution is 7.13. The summed E-state index contributed by atoms with van der Waals surface area (Å²) in [5, 5.41) is 15.3. The molecule has 0 bridgehead atoms. The summed E-state index contributed by atoms with van der Waals surface area (Å²) in [6, 6.07) is 13.2. The molecule has 0 radical (unpaired) electrons. The van der Waals surface area contributed by atoms with Crippen LogP contribution in [0.2, 0.25) is 0 Å². The minimum Gasteiger partial charge on any atom is -0.393 e. The lowest BCUT2D eigenvalue weighted by Crippen LogP contribution is -2.28. The molecule has 1 aliphatic carbocycles. The normalized spacial score (nSPS) is 23.2. The Hall–Kier alpha value is -1.32. The summed E-state index contributed by atoms with van der Waals surface area (Å²) in [5.41, 5.74) is 2.50. The summed E-state index contributed by atoms with van der Waals surface area (Å²) >= 11 is 1.77. The summed E-state index contributed by atoms with van der Waals surface area (Å²) < 4.78 is 0. The van der Waals surface area contributed by atoms with Gasteiger partial charge in [-0.05, 0) is 43.2 Å². The first-order valence-electron chi connectivity index (χ1n) is 6.90. The standard InChI is InChI=1S/C16H19NOS/c18-13-9-7-12(8-10-13)17-15-5-2-1-4-14(15)16-6-3-11-19-16/h1-6,11-13,17-18H,7-10H2. The quantitative estimate of drug-likeness (QED) is 0.881. The molecule has 0 spiro atoms. The zero-order chi connectivity index (χ0) is 13.1. The molecule has 2 nitrogen and oxygen atoms in total. The van der Waals surface area contributed by atoms with Crippen LogP contribution in [0, 0.1) is 0 Å². The fourth-order valence-corrected chi connectivity index (χ4v) is 3.46. The highest BCUT2D eigenvalue weighted by atomic mass is 32.1. The van der Waals surface area contributed by atoms with E-state index in [9.17, 15) is 5.11 Å². The molecule has 2 N–H and O–H groups in total. The lowest BCUT2D eigenvalue weighted by Gasteiger charge is -2.27. The Morgan fingerprint density at radius 2 is 1.79 bits per heavy atom. The predicted octanol–water partition coefficient (Wildman–Crippen LogP) is 4.13. The summed E-state index contributed by atoms with van der Waals surface area (Å²) in [5.74, 6) is 0. The molecule has 0 unspecified atom stereocenters. The smallest absolute Gasteiger partial charge is 0.0541 e. The number of hydrogen-bond acceptors (Lipinski definition) is 3. The molecule has 100 valence electrons. The van der Waals surface area contributed by atoms with Gasteiger partial charge in [0, 0.05) is 22.2 Å². The molecule has 3 rings (SSSR count). The van der Waals surface area contributed by atoms with Crippen LogP contribution in [0.1, 0.15) is 25.7 Å². The second-order valence-corrected chi connectivity index (χ2v) is 6.12. The van der Waals surface area contributed by atoms with Gasteiger partial charge in [0.25, 0.3) is 0 Å². The molecule has 1 aliphatic rings. The zero-order valence-corrected chi connectivity index (χ0v) is 11.7. The fourth-order valence-electron chi connectivity index (χ4n) is 2.70. The number of hydrogen-bond donors (Lipinski definition) is 2. The van der Waals surface area contributed by atoms with E-state index in [1.807, 2.05) is 0 Å². The molecule has 0 atom stereocenters. The van der Waals surface area contributed by atoms with Crippen molar-refractivity contribution in [1.29, 1.82) is 0 Å². The number of aliphatic hydroxyl groups excluding tert-OH is 1. The van der Waals surface area contributed by atoms with E-state index in [2.05, 4.69) is 47.1 Å². The minimum atomic E-state index is -0.0920. The molecule has 0 aliphatic heterocycles. The van der Waals surface area contributed by atoms with E-state index in [0.717, 1.165) is 25.7 Å². The van der Waals surface area contributed by atoms with E-state index in [0.29, 0.717) is 6.04 Å². The van der Waals surface area contributed by atoms with Crippen molar-refractivity contribution in [2.24, 2.45) is 0 Å². The van der Waals surface area contributed by atoms with E-state index >= 15 is 0 Å². The van der Waals surface area contributed by atoms with Crippen molar-refractivity contribution in [3.05, 3.63) is 41.8 Å². The van der Waals surface area contributed by atoms with Crippen LogP contribution < -0.4 is 5.32 Å². The third kappa shape index (κ3) is 2.99. The first-order chi connectivity index (χ1) is 9.33. The Morgan fingerprint density at radius 1 is 1.00 bits per heavy atom. The molecule has 2 aromatic rings. The van der Waals surface area contributed by atoms with Gasteiger partial charge in [-0.25, -0.2) is 0 Å². The second-order valence-electron chi connectivity index (χ2n) is 5.17. The third-order valence-corrected chi connectivity index (χ3v) is 4.67. The Morgan fingerprint density at radius 3 is 2.53 bits per heavy atom. The maximum atomic E-state index is 9.57. The van der Waals surface area contributed by atoms with E-state index in [4.69, 9.17) is 0 Å². The molecule has 19 heavy (non-hydrogen) atoms. The Kier molecular flexibility index (Phi) is 3.85.